The maximum absolute atomic E-state index is 5.98. The van der Waals surface area contributed by atoms with Crippen LogP contribution in [-0.2, 0) is 14.2 Å². The van der Waals surface area contributed by atoms with Crippen molar-refractivity contribution in [3.8, 4) is 0 Å². The fourth-order valence-electron chi connectivity index (χ4n) is 3.94. The van der Waals surface area contributed by atoms with Gasteiger partial charge in [0, 0.05) is 44.6 Å². The van der Waals surface area contributed by atoms with Crippen molar-refractivity contribution in [2.75, 3.05) is 46.1 Å². The van der Waals surface area contributed by atoms with Crippen molar-refractivity contribution in [2.24, 2.45) is 0 Å². The average molecular weight is 298 g/mol. The van der Waals surface area contributed by atoms with Crippen molar-refractivity contribution < 1.29 is 14.2 Å². The first kappa shape index (κ1) is 15.7. The summed E-state index contributed by atoms with van der Waals surface area (Å²) in [5.74, 6) is -0.303. The van der Waals surface area contributed by atoms with E-state index in [-0.39, 0.29) is 5.79 Å². The molecule has 21 heavy (non-hydrogen) atoms. The fourth-order valence-corrected chi connectivity index (χ4v) is 3.94. The van der Waals surface area contributed by atoms with Gasteiger partial charge in [-0.3, -0.25) is 4.90 Å². The maximum atomic E-state index is 5.98. The molecule has 2 unspecified atom stereocenters. The molecule has 0 amide bonds. The minimum Gasteiger partial charge on any atom is -0.380 e. The van der Waals surface area contributed by atoms with Crippen molar-refractivity contribution >= 4 is 0 Å². The minimum absolute atomic E-state index is 0.303. The van der Waals surface area contributed by atoms with Gasteiger partial charge in [0.15, 0.2) is 5.79 Å². The lowest BCUT2D eigenvalue weighted by molar-refractivity contribution is -0.193. The Morgan fingerprint density at radius 2 is 2.00 bits per heavy atom. The summed E-state index contributed by atoms with van der Waals surface area (Å²) in [6.07, 6.45) is 5.47. The first-order valence-electron chi connectivity index (χ1n) is 8.66. The van der Waals surface area contributed by atoms with Crippen molar-refractivity contribution in [3.63, 3.8) is 0 Å². The van der Waals surface area contributed by atoms with E-state index in [0.29, 0.717) is 12.1 Å². The van der Waals surface area contributed by atoms with Crippen LogP contribution < -0.4 is 5.32 Å². The van der Waals surface area contributed by atoms with Gasteiger partial charge in [0.2, 0.25) is 0 Å². The molecule has 122 valence electrons. The van der Waals surface area contributed by atoms with Crippen LogP contribution in [0.4, 0.5) is 0 Å². The first-order valence-corrected chi connectivity index (χ1v) is 8.66. The highest BCUT2D eigenvalue weighted by Crippen LogP contribution is 2.38. The highest BCUT2D eigenvalue weighted by molar-refractivity contribution is 4.96. The lowest BCUT2D eigenvalue weighted by Crippen LogP contribution is -2.58. The molecule has 1 aliphatic carbocycles. The number of ether oxygens (including phenoxy) is 3. The highest BCUT2D eigenvalue weighted by atomic mass is 16.7. The average Bonchev–Trinajstić information content (AvgIpc) is 2.79. The molecule has 2 atom stereocenters. The van der Waals surface area contributed by atoms with E-state index in [1.54, 1.807) is 0 Å². The zero-order chi connectivity index (χ0) is 14.5. The molecule has 1 spiro atoms. The van der Waals surface area contributed by atoms with Crippen LogP contribution in [-0.4, -0.2) is 68.8 Å². The van der Waals surface area contributed by atoms with E-state index in [9.17, 15) is 0 Å². The molecule has 3 rings (SSSR count). The standard InChI is InChI=1S/C16H30N2O3/c1-2-6-17-14-4-5-16(20-11-12-21-16)13-15(14)18-7-3-9-19-10-8-18/h14-15,17H,2-13H2,1H3. The minimum atomic E-state index is -0.303. The fraction of sp³-hybridized carbons (Fsp3) is 1.00. The molecule has 5 nitrogen and oxygen atoms in total. The summed E-state index contributed by atoms with van der Waals surface area (Å²) in [5.41, 5.74) is 0. The molecular weight excluding hydrogens is 268 g/mol. The molecule has 5 heteroatoms. The van der Waals surface area contributed by atoms with Gasteiger partial charge < -0.3 is 19.5 Å². The third-order valence-corrected chi connectivity index (χ3v) is 5.02. The normalized spacial score (nSPS) is 34.1. The molecule has 0 bridgehead atoms. The predicted molar refractivity (Wildman–Crippen MR) is 81.4 cm³/mol. The van der Waals surface area contributed by atoms with Gasteiger partial charge in [0.1, 0.15) is 0 Å². The molecule has 0 aromatic rings. The van der Waals surface area contributed by atoms with E-state index in [2.05, 4.69) is 17.1 Å². The van der Waals surface area contributed by atoms with Crippen molar-refractivity contribution in [1.82, 2.24) is 10.2 Å². The van der Waals surface area contributed by atoms with Crippen molar-refractivity contribution in [2.45, 2.75) is 56.9 Å². The first-order chi connectivity index (χ1) is 10.3. The smallest absolute Gasteiger partial charge is 0.170 e. The number of hydrogen-bond acceptors (Lipinski definition) is 5. The van der Waals surface area contributed by atoms with Gasteiger partial charge in [-0.25, -0.2) is 0 Å². The van der Waals surface area contributed by atoms with Crippen LogP contribution in [0.2, 0.25) is 0 Å². The van der Waals surface area contributed by atoms with E-state index in [4.69, 9.17) is 14.2 Å². The van der Waals surface area contributed by atoms with Crippen LogP contribution in [0.5, 0.6) is 0 Å². The Labute approximate surface area is 128 Å². The molecule has 0 aromatic carbocycles. The summed E-state index contributed by atoms with van der Waals surface area (Å²) in [5, 5.41) is 3.75. The van der Waals surface area contributed by atoms with Gasteiger partial charge in [-0.05, 0) is 25.8 Å². The van der Waals surface area contributed by atoms with Gasteiger partial charge in [-0.2, -0.15) is 0 Å². The Bertz CT molecular complexity index is 313. The molecular formula is C16H30N2O3. The number of rotatable bonds is 4. The second-order valence-corrected chi connectivity index (χ2v) is 6.48. The topological polar surface area (TPSA) is 43.0 Å². The van der Waals surface area contributed by atoms with E-state index in [1.807, 2.05) is 0 Å². The summed E-state index contributed by atoms with van der Waals surface area (Å²) in [7, 11) is 0. The van der Waals surface area contributed by atoms with Gasteiger partial charge >= 0.3 is 0 Å². The Hall–Kier alpha value is -0.200. The van der Waals surface area contributed by atoms with Crippen LogP contribution >= 0.6 is 0 Å². The number of nitrogens with zero attached hydrogens (tertiary/aromatic N) is 1. The Kier molecular flexibility index (Phi) is 5.51. The molecule has 0 radical (unpaired) electrons. The Morgan fingerprint density at radius 3 is 2.81 bits per heavy atom. The van der Waals surface area contributed by atoms with Gasteiger partial charge in [-0.15, -0.1) is 0 Å². The molecule has 3 aliphatic rings. The molecule has 2 aliphatic heterocycles. The molecule has 0 aromatic heterocycles. The lowest BCUT2D eigenvalue weighted by Gasteiger charge is -2.46. The van der Waals surface area contributed by atoms with Crippen molar-refractivity contribution in [1.29, 1.82) is 0 Å². The highest BCUT2D eigenvalue weighted by Gasteiger charge is 2.46. The summed E-state index contributed by atoms with van der Waals surface area (Å²) in [6, 6.07) is 1.06. The predicted octanol–water partition coefficient (Wildman–Crippen LogP) is 1.37. The van der Waals surface area contributed by atoms with E-state index in [1.165, 1.54) is 6.42 Å². The van der Waals surface area contributed by atoms with E-state index < -0.39 is 0 Å². The van der Waals surface area contributed by atoms with Crippen LogP contribution in [0.15, 0.2) is 0 Å². The number of nitrogens with one attached hydrogen (secondary N) is 1. The van der Waals surface area contributed by atoms with E-state index >= 15 is 0 Å². The van der Waals surface area contributed by atoms with Crippen LogP contribution in [0, 0.1) is 0 Å². The summed E-state index contributed by atoms with van der Waals surface area (Å²) in [4.78, 5) is 2.60. The summed E-state index contributed by atoms with van der Waals surface area (Å²) >= 11 is 0. The molecule has 2 saturated heterocycles. The summed E-state index contributed by atoms with van der Waals surface area (Å²) in [6.45, 7) is 8.75. The lowest BCUT2D eigenvalue weighted by atomic mass is 9.84. The molecule has 2 heterocycles. The number of hydrogen-bond donors (Lipinski definition) is 1. The molecule has 1 saturated carbocycles. The van der Waals surface area contributed by atoms with Crippen molar-refractivity contribution in [3.05, 3.63) is 0 Å². The molecule has 3 fully saturated rings. The second-order valence-electron chi connectivity index (χ2n) is 6.48. The monoisotopic (exact) mass is 298 g/mol. The zero-order valence-corrected chi connectivity index (χ0v) is 13.3. The van der Waals surface area contributed by atoms with E-state index in [0.717, 1.165) is 71.7 Å². The van der Waals surface area contributed by atoms with Gasteiger partial charge in [0.25, 0.3) is 0 Å². The SMILES string of the molecule is CCCNC1CCC2(CC1N1CCCOCC1)OCCO2. The Balaban J connectivity index is 1.68. The van der Waals surface area contributed by atoms with Gasteiger partial charge in [0.05, 0.1) is 19.8 Å². The zero-order valence-electron chi connectivity index (χ0n) is 13.3. The quantitative estimate of drug-likeness (QED) is 0.849. The molecule has 1 N–H and O–H groups in total. The summed E-state index contributed by atoms with van der Waals surface area (Å²) < 4.78 is 17.6. The third kappa shape index (κ3) is 3.77. The van der Waals surface area contributed by atoms with Crippen LogP contribution in [0.3, 0.4) is 0 Å². The van der Waals surface area contributed by atoms with Gasteiger partial charge in [-0.1, -0.05) is 6.92 Å². The third-order valence-electron chi connectivity index (χ3n) is 5.02. The Morgan fingerprint density at radius 1 is 1.14 bits per heavy atom. The van der Waals surface area contributed by atoms with Crippen LogP contribution in [0.1, 0.15) is 39.0 Å². The largest absolute Gasteiger partial charge is 0.380 e. The van der Waals surface area contributed by atoms with Crippen LogP contribution in [0.25, 0.3) is 0 Å². The second kappa shape index (κ2) is 7.38. The maximum Gasteiger partial charge on any atom is 0.170 e.